The molecule has 2 rings (SSSR count). The van der Waals surface area contributed by atoms with Crippen molar-refractivity contribution in [3.63, 3.8) is 0 Å². The number of aryl methyl sites for hydroxylation is 1. The zero-order valence-electron chi connectivity index (χ0n) is 9.38. The standard InChI is InChI=1S/C13H14FNS/c1-9-7-12(8-15-2)16-13(9)10-3-5-11(14)6-4-10/h3-7,15H,8H2,1-2H3. The van der Waals surface area contributed by atoms with E-state index in [-0.39, 0.29) is 5.82 Å². The lowest BCUT2D eigenvalue weighted by Crippen LogP contribution is -2.02. The highest BCUT2D eigenvalue weighted by atomic mass is 32.1. The molecule has 0 bridgehead atoms. The minimum Gasteiger partial charge on any atom is -0.315 e. The molecule has 2 aromatic rings. The van der Waals surface area contributed by atoms with Crippen molar-refractivity contribution in [2.45, 2.75) is 13.5 Å². The smallest absolute Gasteiger partial charge is 0.123 e. The first-order valence-electron chi connectivity index (χ1n) is 5.20. The number of hydrogen-bond donors (Lipinski definition) is 1. The highest BCUT2D eigenvalue weighted by molar-refractivity contribution is 7.15. The summed E-state index contributed by atoms with van der Waals surface area (Å²) in [5.74, 6) is -0.187. The summed E-state index contributed by atoms with van der Waals surface area (Å²) < 4.78 is 12.8. The fourth-order valence-electron chi connectivity index (χ4n) is 1.70. The summed E-state index contributed by atoms with van der Waals surface area (Å²) in [6.45, 7) is 2.97. The van der Waals surface area contributed by atoms with Crippen LogP contribution in [-0.4, -0.2) is 7.05 Å². The molecule has 1 heterocycles. The molecule has 16 heavy (non-hydrogen) atoms. The molecule has 1 aromatic heterocycles. The molecule has 84 valence electrons. The van der Waals surface area contributed by atoms with E-state index in [1.54, 1.807) is 11.3 Å². The maximum atomic E-state index is 12.8. The van der Waals surface area contributed by atoms with Gasteiger partial charge in [0.1, 0.15) is 5.82 Å². The number of hydrogen-bond acceptors (Lipinski definition) is 2. The van der Waals surface area contributed by atoms with Crippen LogP contribution in [0.1, 0.15) is 10.4 Å². The second-order valence-corrected chi connectivity index (χ2v) is 4.90. The zero-order chi connectivity index (χ0) is 11.5. The van der Waals surface area contributed by atoms with Crippen LogP contribution in [0.3, 0.4) is 0 Å². The Morgan fingerprint density at radius 2 is 1.94 bits per heavy atom. The predicted octanol–water partition coefficient (Wildman–Crippen LogP) is 3.58. The van der Waals surface area contributed by atoms with Crippen molar-refractivity contribution >= 4 is 11.3 Å². The Morgan fingerprint density at radius 1 is 1.25 bits per heavy atom. The fraction of sp³-hybridized carbons (Fsp3) is 0.231. The highest BCUT2D eigenvalue weighted by Crippen LogP contribution is 2.32. The molecule has 0 spiro atoms. The van der Waals surface area contributed by atoms with Crippen LogP contribution in [0, 0.1) is 12.7 Å². The minimum atomic E-state index is -0.187. The van der Waals surface area contributed by atoms with Gasteiger partial charge < -0.3 is 5.32 Å². The molecule has 1 N–H and O–H groups in total. The van der Waals surface area contributed by atoms with Gasteiger partial charge in [-0.05, 0) is 43.3 Å². The lowest BCUT2D eigenvalue weighted by Gasteiger charge is -1.99. The molecule has 3 heteroatoms. The van der Waals surface area contributed by atoms with Crippen molar-refractivity contribution < 1.29 is 4.39 Å². The van der Waals surface area contributed by atoms with Gasteiger partial charge in [-0.2, -0.15) is 0 Å². The van der Waals surface area contributed by atoms with Crippen molar-refractivity contribution in [1.82, 2.24) is 5.32 Å². The summed E-state index contributed by atoms with van der Waals surface area (Å²) in [6.07, 6.45) is 0. The van der Waals surface area contributed by atoms with E-state index in [0.29, 0.717) is 0 Å². The van der Waals surface area contributed by atoms with E-state index in [1.165, 1.54) is 27.5 Å². The molecule has 0 aliphatic carbocycles. The van der Waals surface area contributed by atoms with Crippen molar-refractivity contribution in [3.8, 4) is 10.4 Å². The van der Waals surface area contributed by atoms with E-state index in [1.807, 2.05) is 19.2 Å². The largest absolute Gasteiger partial charge is 0.315 e. The van der Waals surface area contributed by atoms with E-state index in [4.69, 9.17) is 0 Å². The molecule has 0 radical (unpaired) electrons. The molecule has 1 aromatic carbocycles. The first-order valence-corrected chi connectivity index (χ1v) is 6.02. The van der Waals surface area contributed by atoms with E-state index in [2.05, 4.69) is 18.3 Å². The van der Waals surface area contributed by atoms with Crippen molar-refractivity contribution in [2.24, 2.45) is 0 Å². The molecular formula is C13H14FNS. The Kier molecular flexibility index (Phi) is 3.36. The van der Waals surface area contributed by atoms with Crippen LogP contribution >= 0.6 is 11.3 Å². The average Bonchev–Trinajstić information content (AvgIpc) is 2.61. The molecule has 0 aliphatic rings. The third kappa shape index (κ3) is 2.31. The van der Waals surface area contributed by atoms with Gasteiger partial charge in [0, 0.05) is 16.3 Å². The molecule has 0 atom stereocenters. The number of rotatable bonds is 3. The topological polar surface area (TPSA) is 12.0 Å². The molecule has 0 saturated heterocycles. The Morgan fingerprint density at radius 3 is 2.56 bits per heavy atom. The second kappa shape index (κ2) is 4.76. The molecule has 0 aliphatic heterocycles. The van der Waals surface area contributed by atoms with Gasteiger partial charge in [-0.1, -0.05) is 12.1 Å². The van der Waals surface area contributed by atoms with E-state index < -0.39 is 0 Å². The van der Waals surface area contributed by atoms with Gasteiger partial charge in [-0.15, -0.1) is 11.3 Å². The third-order valence-electron chi connectivity index (χ3n) is 2.43. The molecule has 0 fully saturated rings. The quantitative estimate of drug-likeness (QED) is 0.857. The average molecular weight is 235 g/mol. The molecule has 0 unspecified atom stereocenters. The molecule has 1 nitrogen and oxygen atoms in total. The summed E-state index contributed by atoms with van der Waals surface area (Å²) in [6, 6.07) is 8.85. The van der Waals surface area contributed by atoms with Crippen LogP contribution in [0.4, 0.5) is 4.39 Å². The summed E-state index contributed by atoms with van der Waals surface area (Å²) in [5, 5.41) is 3.14. The zero-order valence-corrected chi connectivity index (χ0v) is 10.2. The van der Waals surface area contributed by atoms with Gasteiger partial charge in [0.15, 0.2) is 0 Å². The molecule has 0 amide bonds. The van der Waals surface area contributed by atoms with E-state index >= 15 is 0 Å². The predicted molar refractivity (Wildman–Crippen MR) is 67.2 cm³/mol. The van der Waals surface area contributed by atoms with Gasteiger partial charge in [-0.3, -0.25) is 0 Å². The van der Waals surface area contributed by atoms with Crippen molar-refractivity contribution in [3.05, 3.63) is 46.6 Å². The van der Waals surface area contributed by atoms with Gasteiger partial charge in [0.2, 0.25) is 0 Å². The van der Waals surface area contributed by atoms with Crippen LogP contribution in [-0.2, 0) is 6.54 Å². The Labute approximate surface area is 98.9 Å². The molecule has 0 saturated carbocycles. The lowest BCUT2D eigenvalue weighted by atomic mass is 10.1. The molecular weight excluding hydrogens is 221 g/mol. The minimum absolute atomic E-state index is 0.187. The SMILES string of the molecule is CNCc1cc(C)c(-c2ccc(F)cc2)s1. The normalized spacial score (nSPS) is 10.7. The fourth-order valence-corrected chi connectivity index (χ4v) is 2.89. The van der Waals surface area contributed by atoms with E-state index in [9.17, 15) is 4.39 Å². The van der Waals surface area contributed by atoms with Gasteiger partial charge >= 0.3 is 0 Å². The maximum Gasteiger partial charge on any atom is 0.123 e. The van der Waals surface area contributed by atoms with Gasteiger partial charge in [0.05, 0.1) is 0 Å². The van der Waals surface area contributed by atoms with Crippen molar-refractivity contribution in [2.75, 3.05) is 7.05 Å². The Balaban J connectivity index is 2.36. The summed E-state index contributed by atoms with van der Waals surface area (Å²) in [7, 11) is 1.94. The Bertz CT molecular complexity index is 473. The van der Waals surface area contributed by atoms with Crippen LogP contribution in [0.25, 0.3) is 10.4 Å². The third-order valence-corrected chi connectivity index (χ3v) is 3.71. The van der Waals surface area contributed by atoms with Crippen LogP contribution in [0.15, 0.2) is 30.3 Å². The van der Waals surface area contributed by atoms with Crippen LogP contribution in [0.5, 0.6) is 0 Å². The first-order chi connectivity index (χ1) is 7.70. The number of nitrogens with one attached hydrogen (secondary N) is 1. The van der Waals surface area contributed by atoms with Crippen LogP contribution < -0.4 is 5.32 Å². The van der Waals surface area contributed by atoms with Gasteiger partial charge in [-0.25, -0.2) is 4.39 Å². The monoisotopic (exact) mass is 235 g/mol. The lowest BCUT2D eigenvalue weighted by molar-refractivity contribution is 0.628. The Hall–Kier alpha value is -1.19. The summed E-state index contributed by atoms with van der Waals surface area (Å²) >= 11 is 1.76. The summed E-state index contributed by atoms with van der Waals surface area (Å²) in [5.41, 5.74) is 2.34. The number of benzene rings is 1. The number of halogens is 1. The maximum absolute atomic E-state index is 12.8. The number of thiophene rings is 1. The van der Waals surface area contributed by atoms with E-state index in [0.717, 1.165) is 12.1 Å². The second-order valence-electron chi connectivity index (χ2n) is 3.76. The van der Waals surface area contributed by atoms with Crippen molar-refractivity contribution in [1.29, 1.82) is 0 Å². The first kappa shape index (κ1) is 11.3. The van der Waals surface area contributed by atoms with Crippen LogP contribution in [0.2, 0.25) is 0 Å². The highest BCUT2D eigenvalue weighted by Gasteiger charge is 2.07. The summed E-state index contributed by atoms with van der Waals surface area (Å²) in [4.78, 5) is 2.53. The van der Waals surface area contributed by atoms with Gasteiger partial charge in [0.25, 0.3) is 0 Å².